The van der Waals surface area contributed by atoms with E-state index in [9.17, 15) is 14.4 Å². The lowest BCUT2D eigenvalue weighted by molar-refractivity contribution is -0.147. The summed E-state index contributed by atoms with van der Waals surface area (Å²) in [7, 11) is 1.76. The van der Waals surface area contributed by atoms with Crippen LogP contribution < -0.4 is 15.4 Å². The standard InChI is InChI=1S/C35H46N2O6/c1-23(38)42-26-13-15-27-25(21-26)12-14-29-28(27)18-19-35(2)30(29)16-17-32(35)43-34(40)37-20-8-7-11-31(36-3)33(39)41-22-24-9-5-4-6-10-24/h4-6,9-10,13,15,21,28-32,36H,7-8,11-12,14,16-20,22H2,1-3H3,(H,37,40)/t28?,29?,30?,31?,32-,35-/m0/s1. The summed E-state index contributed by atoms with van der Waals surface area (Å²) in [5.74, 6) is 1.71. The zero-order valence-corrected chi connectivity index (χ0v) is 25.7. The van der Waals surface area contributed by atoms with Crippen LogP contribution in [-0.4, -0.2) is 43.8 Å². The topological polar surface area (TPSA) is 103 Å². The molecule has 232 valence electrons. The molecule has 1 amide bonds. The molecule has 0 heterocycles. The van der Waals surface area contributed by atoms with Crippen molar-refractivity contribution in [2.24, 2.45) is 17.3 Å². The summed E-state index contributed by atoms with van der Waals surface area (Å²) in [6.45, 7) is 4.54. The third-order valence-corrected chi connectivity index (χ3v) is 10.2. The average molecular weight is 591 g/mol. The normalized spacial score (nSPS) is 26.3. The molecule has 0 aliphatic heterocycles. The predicted octanol–water partition coefficient (Wildman–Crippen LogP) is 6.06. The molecule has 4 unspecified atom stereocenters. The fourth-order valence-electron chi connectivity index (χ4n) is 7.98. The second-order valence-electron chi connectivity index (χ2n) is 12.7. The quantitative estimate of drug-likeness (QED) is 0.186. The van der Waals surface area contributed by atoms with E-state index in [2.05, 4.69) is 23.6 Å². The maximum Gasteiger partial charge on any atom is 0.407 e. The molecule has 2 fully saturated rings. The zero-order chi connectivity index (χ0) is 30.4. The van der Waals surface area contributed by atoms with Crippen LogP contribution >= 0.6 is 0 Å². The number of rotatable bonds is 11. The zero-order valence-electron chi connectivity index (χ0n) is 25.7. The van der Waals surface area contributed by atoms with Crippen LogP contribution in [0.5, 0.6) is 5.75 Å². The lowest BCUT2D eigenvalue weighted by atomic mass is 9.55. The van der Waals surface area contributed by atoms with E-state index in [1.807, 2.05) is 42.5 Å². The minimum Gasteiger partial charge on any atom is -0.460 e. The highest BCUT2D eigenvalue weighted by Crippen LogP contribution is 2.61. The van der Waals surface area contributed by atoms with Crippen LogP contribution in [0.4, 0.5) is 4.79 Å². The Balaban J connectivity index is 1.05. The lowest BCUT2D eigenvalue weighted by Crippen LogP contribution is -2.46. The Labute approximate surface area is 255 Å². The van der Waals surface area contributed by atoms with Gasteiger partial charge < -0.3 is 24.8 Å². The molecule has 3 aliphatic carbocycles. The number of likely N-dealkylation sites (N-methyl/N-ethyl adjacent to an activating group) is 1. The summed E-state index contributed by atoms with van der Waals surface area (Å²) in [4.78, 5) is 36.7. The van der Waals surface area contributed by atoms with E-state index in [0.29, 0.717) is 36.5 Å². The minimum absolute atomic E-state index is 0.00613. The van der Waals surface area contributed by atoms with Gasteiger partial charge in [0, 0.05) is 18.9 Å². The van der Waals surface area contributed by atoms with Gasteiger partial charge in [0.2, 0.25) is 0 Å². The Morgan fingerprint density at radius 3 is 2.60 bits per heavy atom. The van der Waals surface area contributed by atoms with Crippen LogP contribution in [0.1, 0.15) is 87.8 Å². The first kappa shape index (κ1) is 31.0. The first-order valence-electron chi connectivity index (χ1n) is 15.9. The van der Waals surface area contributed by atoms with E-state index in [0.717, 1.165) is 56.9 Å². The highest BCUT2D eigenvalue weighted by molar-refractivity contribution is 5.75. The molecular formula is C35H46N2O6. The number of benzene rings is 2. The number of carbonyl (C=O) groups excluding carboxylic acids is 3. The number of hydrogen-bond donors (Lipinski definition) is 2. The highest BCUT2D eigenvalue weighted by atomic mass is 16.6. The molecule has 0 spiro atoms. The molecule has 3 aliphatic rings. The number of aryl methyl sites for hydroxylation is 1. The summed E-state index contributed by atoms with van der Waals surface area (Å²) in [6.07, 6.45) is 7.99. The first-order valence-corrected chi connectivity index (χ1v) is 15.9. The molecule has 5 rings (SSSR count). The van der Waals surface area contributed by atoms with Crippen LogP contribution in [0, 0.1) is 17.3 Å². The molecule has 8 nitrogen and oxygen atoms in total. The number of nitrogens with one attached hydrogen (secondary N) is 2. The van der Waals surface area contributed by atoms with Crippen LogP contribution in [0.25, 0.3) is 0 Å². The number of esters is 2. The number of alkyl carbamates (subject to hydrolysis) is 1. The maximum absolute atomic E-state index is 12.8. The van der Waals surface area contributed by atoms with Crippen LogP contribution in [0.15, 0.2) is 48.5 Å². The second-order valence-corrected chi connectivity index (χ2v) is 12.7. The fourth-order valence-corrected chi connectivity index (χ4v) is 7.98. The third-order valence-electron chi connectivity index (χ3n) is 10.2. The van der Waals surface area contributed by atoms with Gasteiger partial charge in [0.25, 0.3) is 0 Å². The Morgan fingerprint density at radius 2 is 1.84 bits per heavy atom. The number of carbonyl (C=O) groups is 3. The molecule has 6 atom stereocenters. The van der Waals surface area contributed by atoms with Crippen LogP contribution in [-0.2, 0) is 32.1 Å². The Morgan fingerprint density at radius 1 is 1.02 bits per heavy atom. The van der Waals surface area contributed by atoms with Gasteiger partial charge in [0.1, 0.15) is 24.5 Å². The molecule has 0 aromatic heterocycles. The average Bonchev–Trinajstić information content (AvgIpc) is 3.33. The largest absolute Gasteiger partial charge is 0.460 e. The van der Waals surface area contributed by atoms with Crippen molar-refractivity contribution in [2.45, 2.75) is 96.3 Å². The molecule has 8 heteroatoms. The van der Waals surface area contributed by atoms with Crippen molar-refractivity contribution in [2.75, 3.05) is 13.6 Å². The molecule has 2 N–H and O–H groups in total. The number of unbranched alkanes of at least 4 members (excludes halogenated alkanes) is 1. The highest BCUT2D eigenvalue weighted by Gasteiger charge is 2.56. The van der Waals surface area contributed by atoms with Crippen LogP contribution in [0.2, 0.25) is 0 Å². The van der Waals surface area contributed by atoms with E-state index < -0.39 is 0 Å². The third kappa shape index (κ3) is 7.23. The Kier molecular flexibility index (Phi) is 10.1. The number of hydrogen-bond acceptors (Lipinski definition) is 7. The molecule has 0 radical (unpaired) electrons. The van der Waals surface area contributed by atoms with Crippen LogP contribution in [0.3, 0.4) is 0 Å². The molecule has 43 heavy (non-hydrogen) atoms. The van der Waals surface area contributed by atoms with Crippen molar-refractivity contribution in [3.05, 3.63) is 65.2 Å². The minimum atomic E-state index is -0.371. The smallest absolute Gasteiger partial charge is 0.407 e. The lowest BCUT2D eigenvalue weighted by Gasteiger charge is -2.50. The number of ether oxygens (including phenoxy) is 3. The number of fused-ring (bicyclic) bond motifs is 5. The van der Waals surface area contributed by atoms with Crippen molar-refractivity contribution < 1.29 is 28.6 Å². The van der Waals surface area contributed by atoms with Crippen molar-refractivity contribution in [1.29, 1.82) is 0 Å². The molecule has 2 aromatic rings. The van der Waals surface area contributed by atoms with E-state index in [4.69, 9.17) is 14.2 Å². The SMILES string of the molecule is CNC(CCCCNC(=O)O[C@H]1CCC2C3CCc4cc(OC(C)=O)ccc4C3CC[C@@]21C)C(=O)OCc1ccccc1. The van der Waals surface area contributed by atoms with Gasteiger partial charge in [-0.1, -0.05) is 43.3 Å². The van der Waals surface area contributed by atoms with Gasteiger partial charge in [-0.05, 0) is 111 Å². The van der Waals surface area contributed by atoms with E-state index >= 15 is 0 Å². The van der Waals surface area contributed by atoms with Gasteiger partial charge in [0.15, 0.2) is 0 Å². The van der Waals surface area contributed by atoms with E-state index in [1.165, 1.54) is 18.1 Å². The number of amides is 1. The van der Waals surface area contributed by atoms with Crippen molar-refractivity contribution in [3.63, 3.8) is 0 Å². The molecule has 2 aromatic carbocycles. The molecule has 0 saturated heterocycles. The fraction of sp³-hybridized carbons (Fsp3) is 0.571. The Hall–Kier alpha value is -3.39. The monoisotopic (exact) mass is 590 g/mol. The molecule has 0 bridgehead atoms. The summed E-state index contributed by atoms with van der Waals surface area (Å²) in [6, 6.07) is 15.4. The molecule has 2 saturated carbocycles. The maximum atomic E-state index is 12.8. The Bertz CT molecular complexity index is 1280. The summed E-state index contributed by atoms with van der Waals surface area (Å²) < 4.78 is 16.9. The van der Waals surface area contributed by atoms with Gasteiger partial charge in [-0.15, -0.1) is 0 Å². The summed E-state index contributed by atoms with van der Waals surface area (Å²) in [5, 5.41) is 5.99. The van der Waals surface area contributed by atoms with Crippen molar-refractivity contribution in [1.82, 2.24) is 10.6 Å². The van der Waals surface area contributed by atoms with Crippen molar-refractivity contribution in [3.8, 4) is 5.75 Å². The van der Waals surface area contributed by atoms with Crippen molar-refractivity contribution >= 4 is 18.0 Å². The van der Waals surface area contributed by atoms with Gasteiger partial charge in [-0.3, -0.25) is 9.59 Å². The van der Waals surface area contributed by atoms with Gasteiger partial charge in [0.05, 0.1) is 0 Å². The summed E-state index contributed by atoms with van der Waals surface area (Å²) in [5.41, 5.74) is 3.66. The van der Waals surface area contributed by atoms with E-state index in [-0.39, 0.29) is 42.2 Å². The second kappa shape index (κ2) is 13.9. The summed E-state index contributed by atoms with van der Waals surface area (Å²) >= 11 is 0. The first-order chi connectivity index (χ1) is 20.8. The van der Waals surface area contributed by atoms with Gasteiger partial charge >= 0.3 is 18.0 Å². The molecular weight excluding hydrogens is 544 g/mol. The van der Waals surface area contributed by atoms with Gasteiger partial charge in [-0.25, -0.2) is 4.79 Å². The predicted molar refractivity (Wildman–Crippen MR) is 164 cm³/mol. The van der Waals surface area contributed by atoms with Gasteiger partial charge in [-0.2, -0.15) is 0 Å². The van der Waals surface area contributed by atoms with E-state index in [1.54, 1.807) is 7.05 Å².